The lowest BCUT2D eigenvalue weighted by molar-refractivity contribution is -0.137. The topological polar surface area (TPSA) is 68.5 Å². The Labute approximate surface area is 163 Å². The van der Waals surface area contributed by atoms with Gasteiger partial charge >= 0.3 is 11.6 Å². The molecule has 1 N–H and O–H groups in total. The molecular weight excluding hydrogens is 354 g/mol. The quantitative estimate of drug-likeness (QED) is 0.386. The normalized spacial score (nSPS) is 11.1. The second-order valence-corrected chi connectivity index (χ2v) is 6.54. The van der Waals surface area contributed by atoms with E-state index in [1.165, 1.54) is 12.1 Å². The molecule has 5 nitrogen and oxygen atoms in total. The van der Waals surface area contributed by atoms with Gasteiger partial charge in [0, 0.05) is 29.8 Å². The first-order chi connectivity index (χ1) is 13.5. The number of hydrogen-bond donors (Lipinski definition) is 1. The summed E-state index contributed by atoms with van der Waals surface area (Å²) in [7, 11) is 0. The smallest absolute Gasteiger partial charge is 0.336 e. The number of nitrogens with one attached hydrogen (secondary N) is 1. The Morgan fingerprint density at radius 1 is 1.14 bits per heavy atom. The number of aryl methyl sites for hydroxylation is 2. The van der Waals surface area contributed by atoms with Gasteiger partial charge in [0.05, 0.1) is 6.61 Å². The fourth-order valence-electron chi connectivity index (χ4n) is 2.93. The van der Waals surface area contributed by atoms with Crippen molar-refractivity contribution >= 4 is 28.7 Å². The van der Waals surface area contributed by atoms with Crippen molar-refractivity contribution < 1.29 is 13.9 Å². The van der Waals surface area contributed by atoms with Gasteiger partial charge in [-0.1, -0.05) is 24.3 Å². The van der Waals surface area contributed by atoms with Gasteiger partial charge in [-0.25, -0.2) is 9.59 Å². The summed E-state index contributed by atoms with van der Waals surface area (Å²) in [6, 6.07) is 13.2. The molecule has 0 bridgehead atoms. The monoisotopic (exact) mass is 377 g/mol. The summed E-state index contributed by atoms with van der Waals surface area (Å²) >= 11 is 0. The van der Waals surface area contributed by atoms with Gasteiger partial charge in [-0.15, -0.1) is 0 Å². The van der Waals surface area contributed by atoms with E-state index in [4.69, 9.17) is 9.15 Å². The van der Waals surface area contributed by atoms with Crippen LogP contribution in [0.5, 0.6) is 0 Å². The number of esters is 1. The van der Waals surface area contributed by atoms with E-state index < -0.39 is 0 Å². The van der Waals surface area contributed by atoms with E-state index in [2.05, 4.69) is 5.32 Å². The van der Waals surface area contributed by atoms with Crippen molar-refractivity contribution in [2.24, 2.45) is 0 Å². The van der Waals surface area contributed by atoms with E-state index in [9.17, 15) is 9.59 Å². The van der Waals surface area contributed by atoms with Crippen LogP contribution in [0.2, 0.25) is 0 Å². The van der Waals surface area contributed by atoms with Crippen LogP contribution in [0.25, 0.3) is 17.0 Å². The maximum atomic E-state index is 12.0. The predicted molar refractivity (Wildman–Crippen MR) is 111 cm³/mol. The lowest BCUT2D eigenvalue weighted by atomic mass is 10.0. The molecule has 5 heteroatoms. The van der Waals surface area contributed by atoms with Crippen LogP contribution in [-0.2, 0) is 16.1 Å². The molecule has 0 fully saturated rings. The molecule has 28 heavy (non-hydrogen) atoms. The van der Waals surface area contributed by atoms with Gasteiger partial charge in [0.1, 0.15) is 5.58 Å². The van der Waals surface area contributed by atoms with Gasteiger partial charge in [-0.05, 0) is 61.2 Å². The van der Waals surface area contributed by atoms with Crippen LogP contribution in [0.15, 0.2) is 57.8 Å². The van der Waals surface area contributed by atoms with Crippen LogP contribution in [-0.4, -0.2) is 12.6 Å². The van der Waals surface area contributed by atoms with Crippen molar-refractivity contribution in [3.8, 4) is 0 Å². The van der Waals surface area contributed by atoms with E-state index in [0.29, 0.717) is 18.7 Å². The highest BCUT2D eigenvalue weighted by molar-refractivity contribution is 5.87. The molecule has 144 valence electrons. The van der Waals surface area contributed by atoms with Gasteiger partial charge < -0.3 is 14.5 Å². The van der Waals surface area contributed by atoms with Crippen LogP contribution in [0.3, 0.4) is 0 Å². The third kappa shape index (κ3) is 4.49. The summed E-state index contributed by atoms with van der Waals surface area (Å²) in [5.41, 5.74) is 5.07. The van der Waals surface area contributed by atoms with Gasteiger partial charge in [0.2, 0.25) is 0 Å². The standard InChI is InChI=1S/C23H23NO4/c1-4-27-21(25)12-8-17-6-9-19(10-7-17)24-14-18-13-22(26)28-23-16(3)15(2)5-11-20(18)23/h5-13,24H,4,14H2,1-3H3/b12-8+. The van der Waals surface area contributed by atoms with Crippen LogP contribution in [0, 0.1) is 13.8 Å². The molecule has 0 saturated carbocycles. The fourth-order valence-corrected chi connectivity index (χ4v) is 2.93. The van der Waals surface area contributed by atoms with E-state index in [0.717, 1.165) is 33.3 Å². The SMILES string of the molecule is CCOC(=O)/C=C/c1ccc(NCc2cc(=O)oc3c(C)c(C)ccc23)cc1. The first-order valence-corrected chi connectivity index (χ1v) is 9.19. The molecule has 0 amide bonds. The minimum Gasteiger partial charge on any atom is -0.463 e. The number of benzene rings is 2. The maximum Gasteiger partial charge on any atom is 0.336 e. The molecule has 0 aliphatic rings. The van der Waals surface area contributed by atoms with Crippen molar-refractivity contribution in [1.82, 2.24) is 0 Å². The Morgan fingerprint density at radius 2 is 1.89 bits per heavy atom. The van der Waals surface area contributed by atoms with Crippen molar-refractivity contribution in [3.05, 3.63) is 81.2 Å². The van der Waals surface area contributed by atoms with E-state index in [1.54, 1.807) is 13.0 Å². The predicted octanol–water partition coefficient (Wildman–Crippen LogP) is 4.60. The molecule has 0 saturated heterocycles. The highest BCUT2D eigenvalue weighted by Crippen LogP contribution is 2.24. The summed E-state index contributed by atoms with van der Waals surface area (Å²) in [5, 5.41) is 4.26. The molecular formula is C23H23NO4. The van der Waals surface area contributed by atoms with E-state index in [1.807, 2.05) is 50.2 Å². The molecule has 0 aliphatic heterocycles. The highest BCUT2D eigenvalue weighted by atomic mass is 16.5. The Hall–Kier alpha value is -3.34. The van der Waals surface area contributed by atoms with Gasteiger partial charge in [-0.3, -0.25) is 0 Å². The molecule has 0 unspecified atom stereocenters. The summed E-state index contributed by atoms with van der Waals surface area (Å²) in [5.74, 6) is -0.356. The lowest BCUT2D eigenvalue weighted by Crippen LogP contribution is -2.06. The third-order valence-corrected chi connectivity index (χ3v) is 4.61. The van der Waals surface area contributed by atoms with Gasteiger partial charge in [0.25, 0.3) is 0 Å². The Balaban J connectivity index is 1.75. The first kappa shape index (κ1) is 19.4. The van der Waals surface area contributed by atoms with E-state index in [-0.39, 0.29) is 11.6 Å². The number of fused-ring (bicyclic) bond motifs is 1. The van der Waals surface area contributed by atoms with Crippen LogP contribution in [0.4, 0.5) is 5.69 Å². The minimum atomic E-state index is -0.356. The number of carbonyl (C=O) groups excluding carboxylic acids is 1. The molecule has 0 radical (unpaired) electrons. The van der Waals surface area contributed by atoms with Crippen molar-refractivity contribution in [3.63, 3.8) is 0 Å². The average molecular weight is 377 g/mol. The van der Waals surface area contributed by atoms with Crippen LogP contribution >= 0.6 is 0 Å². The van der Waals surface area contributed by atoms with Crippen molar-refractivity contribution in [2.45, 2.75) is 27.3 Å². The lowest BCUT2D eigenvalue weighted by Gasteiger charge is -2.11. The number of anilines is 1. The van der Waals surface area contributed by atoms with Crippen molar-refractivity contribution in [2.75, 3.05) is 11.9 Å². The Kier molecular flexibility index (Phi) is 5.94. The minimum absolute atomic E-state index is 0.350. The molecule has 1 aromatic heterocycles. The molecule has 0 atom stereocenters. The highest BCUT2D eigenvalue weighted by Gasteiger charge is 2.09. The molecule has 2 aromatic carbocycles. The summed E-state index contributed by atoms with van der Waals surface area (Å²) in [6.07, 6.45) is 3.12. The third-order valence-electron chi connectivity index (χ3n) is 4.61. The first-order valence-electron chi connectivity index (χ1n) is 9.19. The zero-order chi connectivity index (χ0) is 20.1. The largest absolute Gasteiger partial charge is 0.463 e. The second-order valence-electron chi connectivity index (χ2n) is 6.54. The molecule has 0 spiro atoms. The van der Waals surface area contributed by atoms with Gasteiger partial charge in [-0.2, -0.15) is 0 Å². The van der Waals surface area contributed by atoms with E-state index >= 15 is 0 Å². The number of carbonyl (C=O) groups is 1. The summed E-state index contributed by atoms with van der Waals surface area (Å²) in [6.45, 7) is 6.59. The average Bonchev–Trinajstić information content (AvgIpc) is 2.69. The molecule has 3 aromatic rings. The maximum absolute atomic E-state index is 12.0. The summed E-state index contributed by atoms with van der Waals surface area (Å²) in [4.78, 5) is 23.3. The van der Waals surface area contributed by atoms with Crippen LogP contribution in [0.1, 0.15) is 29.2 Å². The van der Waals surface area contributed by atoms with Crippen molar-refractivity contribution in [1.29, 1.82) is 0 Å². The molecule has 1 heterocycles. The zero-order valence-corrected chi connectivity index (χ0v) is 16.2. The van der Waals surface area contributed by atoms with Gasteiger partial charge in [0.15, 0.2) is 0 Å². The summed E-state index contributed by atoms with van der Waals surface area (Å²) < 4.78 is 10.3. The van der Waals surface area contributed by atoms with Crippen LogP contribution < -0.4 is 10.9 Å². The molecule has 0 aliphatic carbocycles. The fraction of sp³-hybridized carbons (Fsp3) is 0.217. The Bertz CT molecular complexity index is 1080. The number of rotatable bonds is 6. The Morgan fingerprint density at radius 3 is 2.61 bits per heavy atom. The number of hydrogen-bond acceptors (Lipinski definition) is 5. The number of ether oxygens (including phenoxy) is 1. The second kappa shape index (κ2) is 8.57. The molecule has 3 rings (SSSR count). The zero-order valence-electron chi connectivity index (χ0n) is 16.2.